The molecule has 6 heteroatoms. The minimum absolute atomic E-state index is 0.0155. The second-order valence-electron chi connectivity index (χ2n) is 2.13. The fraction of sp³-hybridized carbons (Fsp3) is 0.571. The lowest BCUT2D eigenvalue weighted by Crippen LogP contribution is -2.25. The normalized spacial score (nSPS) is 11.1. The van der Waals surface area contributed by atoms with Crippen molar-refractivity contribution in [1.29, 1.82) is 0 Å². The molecule has 0 aliphatic carbocycles. The molecule has 0 atom stereocenters. The van der Waals surface area contributed by atoms with Crippen molar-refractivity contribution in [2.75, 3.05) is 20.3 Å². The summed E-state index contributed by atoms with van der Waals surface area (Å²) in [5.41, 5.74) is -0.615. The zero-order valence-corrected chi connectivity index (χ0v) is 7.44. The molecule has 0 aromatic carbocycles. The predicted octanol–water partition coefficient (Wildman–Crippen LogP) is -0.405. The van der Waals surface area contributed by atoms with Gasteiger partial charge in [0, 0.05) is 14.0 Å². The summed E-state index contributed by atoms with van der Waals surface area (Å²) in [6, 6.07) is 0. The summed E-state index contributed by atoms with van der Waals surface area (Å²) in [6.07, 6.45) is 0. The number of methoxy groups -OCH3 is 1. The van der Waals surface area contributed by atoms with Crippen molar-refractivity contribution in [2.24, 2.45) is 5.16 Å². The number of ether oxygens (including phenoxy) is 2. The van der Waals surface area contributed by atoms with Gasteiger partial charge in [-0.1, -0.05) is 5.16 Å². The Balaban J connectivity index is 4.02. The van der Waals surface area contributed by atoms with E-state index in [1.54, 1.807) is 0 Å². The molecule has 0 fully saturated rings. The maximum absolute atomic E-state index is 10.9. The van der Waals surface area contributed by atoms with Crippen LogP contribution in [0.1, 0.15) is 6.92 Å². The van der Waals surface area contributed by atoms with E-state index in [1.165, 1.54) is 7.11 Å². The van der Waals surface area contributed by atoms with Crippen LogP contribution >= 0.6 is 0 Å². The molecule has 0 radical (unpaired) electrons. The molecule has 0 bridgehead atoms. The summed E-state index contributed by atoms with van der Waals surface area (Å²) in [7, 11) is 1.44. The third-order valence-corrected chi connectivity index (χ3v) is 1.15. The Kier molecular flexibility index (Phi) is 5.45. The van der Waals surface area contributed by atoms with E-state index in [9.17, 15) is 9.59 Å². The van der Waals surface area contributed by atoms with Gasteiger partial charge < -0.3 is 14.7 Å². The molecule has 0 aromatic heterocycles. The average molecular weight is 189 g/mol. The standard InChI is InChI=1S/C7H11NO5/c1-5(9)6(8-11)7(10)13-4-3-12-2/h11H,3-4H2,1-2H3/b8-6-. The number of hydrogen-bond acceptors (Lipinski definition) is 6. The van der Waals surface area contributed by atoms with E-state index in [2.05, 4.69) is 14.6 Å². The van der Waals surface area contributed by atoms with Crippen LogP contribution in [0.5, 0.6) is 0 Å². The van der Waals surface area contributed by atoms with E-state index < -0.39 is 17.5 Å². The largest absolute Gasteiger partial charge is 0.458 e. The van der Waals surface area contributed by atoms with E-state index in [-0.39, 0.29) is 13.2 Å². The van der Waals surface area contributed by atoms with Crippen LogP contribution in [0.4, 0.5) is 0 Å². The third kappa shape index (κ3) is 4.22. The molecular formula is C7H11NO5. The van der Waals surface area contributed by atoms with E-state index in [0.29, 0.717) is 0 Å². The van der Waals surface area contributed by atoms with Crippen LogP contribution < -0.4 is 0 Å². The number of oxime groups is 1. The summed E-state index contributed by atoms with van der Waals surface area (Å²) in [5, 5.41) is 10.8. The minimum atomic E-state index is -0.952. The highest BCUT2D eigenvalue weighted by Gasteiger charge is 2.18. The van der Waals surface area contributed by atoms with Gasteiger partial charge in [-0.25, -0.2) is 4.79 Å². The highest BCUT2D eigenvalue weighted by Crippen LogP contribution is 1.87. The molecule has 0 saturated carbocycles. The Labute approximate surface area is 75.1 Å². The lowest BCUT2D eigenvalue weighted by Gasteiger charge is -2.02. The van der Waals surface area contributed by atoms with Gasteiger partial charge in [0.1, 0.15) is 6.61 Å². The Morgan fingerprint density at radius 1 is 1.38 bits per heavy atom. The monoisotopic (exact) mass is 189 g/mol. The minimum Gasteiger partial charge on any atom is -0.458 e. The first-order valence-electron chi connectivity index (χ1n) is 3.52. The molecule has 1 N–H and O–H groups in total. The van der Waals surface area contributed by atoms with Crippen molar-refractivity contribution in [2.45, 2.75) is 6.92 Å². The summed E-state index contributed by atoms with van der Waals surface area (Å²) >= 11 is 0. The lowest BCUT2D eigenvalue weighted by molar-refractivity contribution is -0.137. The second-order valence-corrected chi connectivity index (χ2v) is 2.13. The summed E-state index contributed by atoms with van der Waals surface area (Å²) in [4.78, 5) is 21.5. The first-order valence-corrected chi connectivity index (χ1v) is 3.52. The van der Waals surface area contributed by atoms with Gasteiger partial charge in [0.15, 0.2) is 5.78 Å². The van der Waals surface area contributed by atoms with E-state index in [4.69, 9.17) is 5.21 Å². The number of esters is 1. The molecule has 0 amide bonds. The topological polar surface area (TPSA) is 85.2 Å². The number of nitrogens with zero attached hydrogens (tertiary/aromatic N) is 1. The van der Waals surface area contributed by atoms with Crippen LogP contribution in [-0.4, -0.2) is 43.0 Å². The maximum Gasteiger partial charge on any atom is 0.364 e. The maximum atomic E-state index is 10.9. The van der Waals surface area contributed by atoms with E-state index >= 15 is 0 Å². The fourth-order valence-electron chi connectivity index (χ4n) is 0.541. The number of ketones is 1. The molecule has 0 unspecified atom stereocenters. The third-order valence-electron chi connectivity index (χ3n) is 1.15. The summed E-state index contributed by atoms with van der Waals surface area (Å²) in [6.45, 7) is 1.34. The highest BCUT2D eigenvalue weighted by molar-refractivity contribution is 6.63. The number of carbonyl (C=O) groups excluding carboxylic acids is 2. The van der Waals surface area contributed by atoms with Gasteiger partial charge in [-0.3, -0.25) is 4.79 Å². The Bertz CT molecular complexity index is 223. The molecule has 0 aliphatic heterocycles. The fourth-order valence-corrected chi connectivity index (χ4v) is 0.541. The van der Waals surface area contributed by atoms with Crippen molar-refractivity contribution >= 4 is 17.5 Å². The summed E-state index contributed by atoms with van der Waals surface area (Å²) < 4.78 is 9.12. The van der Waals surface area contributed by atoms with Gasteiger partial charge in [-0.2, -0.15) is 0 Å². The molecule has 74 valence electrons. The van der Waals surface area contributed by atoms with E-state index in [1.807, 2.05) is 0 Å². The smallest absolute Gasteiger partial charge is 0.364 e. The van der Waals surface area contributed by atoms with Crippen molar-refractivity contribution in [1.82, 2.24) is 0 Å². The predicted molar refractivity (Wildman–Crippen MR) is 42.7 cm³/mol. The van der Waals surface area contributed by atoms with Crippen molar-refractivity contribution in [3.63, 3.8) is 0 Å². The van der Waals surface area contributed by atoms with Crippen molar-refractivity contribution in [3.8, 4) is 0 Å². The molecule has 0 aromatic rings. The number of Topliss-reactive ketones (excluding diaryl/α,β-unsaturated/α-hetero) is 1. The van der Waals surface area contributed by atoms with Crippen LogP contribution in [0, 0.1) is 0 Å². The SMILES string of the molecule is COCCOC(=O)/C(=N\O)C(C)=O. The number of rotatable bonds is 5. The van der Waals surface area contributed by atoms with Crippen LogP contribution in [0.15, 0.2) is 5.16 Å². The van der Waals surface area contributed by atoms with Crippen molar-refractivity contribution in [3.05, 3.63) is 0 Å². The van der Waals surface area contributed by atoms with Gasteiger partial charge in [0.2, 0.25) is 5.71 Å². The Morgan fingerprint density at radius 2 is 2.00 bits per heavy atom. The van der Waals surface area contributed by atoms with Gasteiger partial charge in [-0.15, -0.1) is 0 Å². The molecule has 0 spiro atoms. The molecule has 0 heterocycles. The van der Waals surface area contributed by atoms with Gasteiger partial charge in [0.05, 0.1) is 6.61 Å². The second kappa shape index (κ2) is 6.13. The number of hydrogen-bond donors (Lipinski definition) is 1. The first-order chi connectivity index (χ1) is 6.13. The van der Waals surface area contributed by atoms with Gasteiger partial charge in [0.25, 0.3) is 0 Å². The molecule has 13 heavy (non-hydrogen) atoms. The lowest BCUT2D eigenvalue weighted by atomic mass is 10.3. The zero-order chi connectivity index (χ0) is 10.3. The molecule has 0 rings (SSSR count). The Hall–Kier alpha value is -1.43. The van der Waals surface area contributed by atoms with E-state index in [0.717, 1.165) is 6.92 Å². The number of carbonyl (C=O) groups is 2. The Morgan fingerprint density at radius 3 is 2.38 bits per heavy atom. The van der Waals surface area contributed by atoms with Crippen molar-refractivity contribution < 1.29 is 24.3 Å². The highest BCUT2D eigenvalue weighted by atomic mass is 16.6. The molecular weight excluding hydrogens is 178 g/mol. The van der Waals surface area contributed by atoms with Crippen LogP contribution in [0.2, 0.25) is 0 Å². The zero-order valence-electron chi connectivity index (χ0n) is 7.44. The quantitative estimate of drug-likeness (QED) is 0.159. The van der Waals surface area contributed by atoms with Crippen LogP contribution in [0.25, 0.3) is 0 Å². The molecule has 6 nitrogen and oxygen atoms in total. The average Bonchev–Trinajstić information content (AvgIpc) is 2.05. The van der Waals surface area contributed by atoms with Crippen LogP contribution in [-0.2, 0) is 19.1 Å². The summed E-state index contributed by atoms with van der Waals surface area (Å²) in [5.74, 6) is -1.60. The molecule has 0 saturated heterocycles. The van der Waals surface area contributed by atoms with Gasteiger partial charge >= 0.3 is 5.97 Å². The molecule has 0 aliphatic rings. The van der Waals surface area contributed by atoms with Crippen LogP contribution in [0.3, 0.4) is 0 Å². The van der Waals surface area contributed by atoms with Gasteiger partial charge in [-0.05, 0) is 0 Å². The first kappa shape index (κ1) is 11.6.